The van der Waals surface area contributed by atoms with Crippen molar-refractivity contribution in [2.75, 3.05) is 5.32 Å². The van der Waals surface area contributed by atoms with E-state index in [0.717, 1.165) is 29.7 Å². The Morgan fingerprint density at radius 1 is 1.20 bits per heavy atom. The van der Waals surface area contributed by atoms with Crippen molar-refractivity contribution in [2.45, 2.75) is 19.5 Å². The fourth-order valence-corrected chi connectivity index (χ4v) is 2.38. The number of alkyl halides is 3. The molecule has 2 rings (SSSR count). The van der Waals surface area contributed by atoms with Crippen molar-refractivity contribution in [1.82, 2.24) is 0 Å². The molecule has 1 amide bonds. The Morgan fingerprint density at radius 2 is 1.88 bits per heavy atom. The molecule has 1 aromatic heterocycles. The number of anilines is 1. The van der Waals surface area contributed by atoms with Crippen molar-refractivity contribution >= 4 is 24.0 Å². The van der Waals surface area contributed by atoms with Crippen LogP contribution in [0.1, 0.15) is 23.5 Å². The molecule has 0 fully saturated rings. The Bertz CT molecular complexity index is 795. The van der Waals surface area contributed by atoms with Crippen molar-refractivity contribution in [3.63, 3.8) is 0 Å². The molecule has 0 saturated carbocycles. The summed E-state index contributed by atoms with van der Waals surface area (Å²) >= 11 is 0. The van der Waals surface area contributed by atoms with E-state index in [2.05, 4.69) is 11.9 Å². The molecule has 1 heterocycles. The zero-order valence-corrected chi connectivity index (χ0v) is 13.7. The van der Waals surface area contributed by atoms with E-state index in [1.165, 1.54) is 12.1 Å². The molecule has 1 aromatic carbocycles. The molecule has 0 atom stereocenters. The Hall–Kier alpha value is -2.63. The maximum atomic E-state index is 12.7. The van der Waals surface area contributed by atoms with Crippen molar-refractivity contribution in [2.24, 2.45) is 0 Å². The second kappa shape index (κ2) is 7.97. The van der Waals surface area contributed by atoms with Gasteiger partial charge in [0.1, 0.15) is 0 Å². The number of rotatable bonds is 5. The molecule has 0 saturated heterocycles. The molecule has 0 aliphatic carbocycles. The van der Waals surface area contributed by atoms with Gasteiger partial charge in [-0.05, 0) is 0 Å². The zero-order chi connectivity index (χ0) is 18.4. The standard InChI is InChI=1S/C19H17BF3NO/c1-3-14(4-2)15-10-8-13(9-11-15)12-18(25)24-17-7-5-6-16(20-17)19(21,22)23/h3-11H,1,12H2,2H3,(H,24,25)/b14-4+. The molecule has 0 aliphatic heterocycles. The third-order valence-electron chi connectivity index (χ3n) is 3.66. The van der Waals surface area contributed by atoms with E-state index in [4.69, 9.17) is 0 Å². The number of benzene rings is 1. The van der Waals surface area contributed by atoms with Crippen molar-refractivity contribution in [1.29, 1.82) is 0 Å². The summed E-state index contributed by atoms with van der Waals surface area (Å²) in [6, 6.07) is 11.0. The molecular weight excluding hydrogens is 326 g/mol. The summed E-state index contributed by atoms with van der Waals surface area (Å²) < 4.78 is 38.1. The van der Waals surface area contributed by atoms with Crippen molar-refractivity contribution < 1.29 is 18.0 Å². The van der Waals surface area contributed by atoms with Gasteiger partial charge in [0.25, 0.3) is 0 Å². The summed E-state index contributed by atoms with van der Waals surface area (Å²) in [5.41, 5.74) is 2.07. The molecule has 128 valence electrons. The summed E-state index contributed by atoms with van der Waals surface area (Å²) in [4.78, 5) is 12.1. The number of hydrogen-bond donors (Lipinski definition) is 1. The van der Waals surface area contributed by atoms with E-state index < -0.39 is 11.6 Å². The normalized spacial score (nSPS) is 11.8. The number of halogens is 3. The Balaban J connectivity index is 2.04. The molecule has 0 aliphatic rings. The van der Waals surface area contributed by atoms with Gasteiger partial charge >= 0.3 is 145 Å². The SMILES string of the molecule is C=C/C(=C\C)c1ccc(CC(=O)Nc2bc(C(F)(F)F)ccc2)cc1. The summed E-state index contributed by atoms with van der Waals surface area (Å²) in [7, 11) is 0. The topological polar surface area (TPSA) is 29.1 Å². The van der Waals surface area contributed by atoms with E-state index in [1.807, 2.05) is 37.3 Å². The Labute approximate surface area is 145 Å². The van der Waals surface area contributed by atoms with Gasteiger partial charge in [0.05, 0.1) is 0 Å². The first-order valence-corrected chi connectivity index (χ1v) is 7.68. The number of allylic oxidation sites excluding steroid dienone is 3. The Morgan fingerprint density at radius 3 is 2.44 bits per heavy atom. The van der Waals surface area contributed by atoms with Crippen molar-refractivity contribution in [3.05, 3.63) is 77.8 Å². The van der Waals surface area contributed by atoms with Gasteiger partial charge in [0.15, 0.2) is 0 Å². The zero-order valence-electron chi connectivity index (χ0n) is 13.7. The van der Waals surface area contributed by atoms with Crippen LogP contribution >= 0.6 is 0 Å². The fraction of sp³-hybridized carbons (Fsp3) is 0.158. The van der Waals surface area contributed by atoms with Crippen LogP contribution in [0.15, 0.2) is 61.2 Å². The molecule has 6 heteroatoms. The van der Waals surface area contributed by atoms with Crippen LogP contribution in [0, 0.1) is 0 Å². The number of amides is 1. The molecule has 0 spiro atoms. The average molecular weight is 343 g/mol. The predicted molar refractivity (Wildman–Crippen MR) is 95.4 cm³/mol. The van der Waals surface area contributed by atoms with E-state index in [0.29, 0.717) is 0 Å². The monoisotopic (exact) mass is 343 g/mol. The van der Waals surface area contributed by atoms with Crippen LogP contribution in [-0.2, 0) is 17.4 Å². The molecule has 0 unspecified atom stereocenters. The van der Waals surface area contributed by atoms with Gasteiger partial charge in [0, 0.05) is 0 Å². The quantitative estimate of drug-likeness (QED) is 0.776. The van der Waals surface area contributed by atoms with Gasteiger partial charge in [0.2, 0.25) is 0 Å². The summed E-state index contributed by atoms with van der Waals surface area (Å²) in [5, 5.41) is 2.50. The first-order chi connectivity index (χ1) is 11.8. The summed E-state index contributed by atoms with van der Waals surface area (Å²) in [6.45, 7) is 6.57. The third kappa shape index (κ3) is 5.18. The van der Waals surface area contributed by atoms with Crippen LogP contribution in [0.5, 0.6) is 0 Å². The molecule has 25 heavy (non-hydrogen) atoms. The number of hydrogen-bond acceptors (Lipinski definition) is 1. The van der Waals surface area contributed by atoms with Gasteiger partial charge in [-0.3, -0.25) is 0 Å². The van der Waals surface area contributed by atoms with Crippen LogP contribution in [0.2, 0.25) is 0 Å². The van der Waals surface area contributed by atoms with E-state index >= 15 is 0 Å². The van der Waals surface area contributed by atoms with Crippen molar-refractivity contribution in [3.8, 4) is 0 Å². The Kier molecular flexibility index (Phi) is 5.96. The van der Waals surface area contributed by atoms with Gasteiger partial charge in [-0.1, -0.05) is 0 Å². The second-order valence-corrected chi connectivity index (χ2v) is 5.45. The molecule has 2 aromatic rings. The third-order valence-corrected chi connectivity index (χ3v) is 3.66. The second-order valence-electron chi connectivity index (χ2n) is 5.45. The molecule has 1 N–H and O–H groups in total. The van der Waals surface area contributed by atoms with E-state index in [-0.39, 0.29) is 17.9 Å². The van der Waals surface area contributed by atoms with Gasteiger partial charge in [-0.2, -0.15) is 0 Å². The first kappa shape index (κ1) is 18.7. The van der Waals surface area contributed by atoms with Crippen LogP contribution in [0.3, 0.4) is 0 Å². The summed E-state index contributed by atoms with van der Waals surface area (Å²) in [5.74, 6) is -0.373. The van der Waals surface area contributed by atoms with Gasteiger partial charge in [-0.25, -0.2) is 0 Å². The average Bonchev–Trinajstić information content (AvgIpc) is 2.57. The van der Waals surface area contributed by atoms with Crippen LogP contribution < -0.4 is 5.32 Å². The maximum absolute atomic E-state index is 12.7. The van der Waals surface area contributed by atoms with Crippen LogP contribution in [0.4, 0.5) is 18.8 Å². The number of carbonyl (C=O) groups excluding carboxylic acids is 1. The summed E-state index contributed by atoms with van der Waals surface area (Å²) in [6.07, 6.45) is -0.681. The fourth-order valence-electron chi connectivity index (χ4n) is 2.38. The minimum absolute atomic E-state index is 0.0792. The van der Waals surface area contributed by atoms with E-state index in [9.17, 15) is 18.0 Å². The predicted octanol–water partition coefficient (Wildman–Crippen LogP) is 4.81. The molecular formula is C19H17BF3NO. The number of nitrogens with one attached hydrogen (secondary N) is 1. The molecule has 0 radical (unpaired) electrons. The minimum atomic E-state index is -4.44. The van der Waals surface area contributed by atoms with Gasteiger partial charge < -0.3 is 0 Å². The van der Waals surface area contributed by atoms with E-state index in [1.54, 1.807) is 6.08 Å². The van der Waals surface area contributed by atoms with Gasteiger partial charge in [-0.15, -0.1) is 0 Å². The van der Waals surface area contributed by atoms with Crippen LogP contribution in [-0.4, -0.2) is 12.8 Å². The first-order valence-electron chi connectivity index (χ1n) is 7.68. The van der Waals surface area contributed by atoms with Crippen LogP contribution in [0.25, 0.3) is 5.57 Å². The molecule has 0 bridgehead atoms. The number of carbonyl (C=O) groups is 1. The molecule has 2 nitrogen and oxygen atoms in total.